The van der Waals surface area contributed by atoms with Crippen LogP contribution in [0.4, 0.5) is 0 Å². The molecule has 0 aliphatic carbocycles. The van der Waals surface area contributed by atoms with Gasteiger partial charge in [-0.2, -0.15) is 0 Å². The summed E-state index contributed by atoms with van der Waals surface area (Å²) in [6.07, 6.45) is -0.171. The van der Waals surface area contributed by atoms with Gasteiger partial charge in [-0.15, -0.1) is 0 Å². The van der Waals surface area contributed by atoms with Gasteiger partial charge in [-0.25, -0.2) is 4.79 Å². The van der Waals surface area contributed by atoms with Crippen LogP contribution in [0.3, 0.4) is 0 Å². The number of ether oxygens (including phenoxy) is 1. The highest BCUT2D eigenvalue weighted by Crippen LogP contribution is 2.20. The first-order valence-corrected chi connectivity index (χ1v) is 8.00. The van der Waals surface area contributed by atoms with Crippen molar-refractivity contribution in [1.82, 2.24) is 4.90 Å². The van der Waals surface area contributed by atoms with Crippen molar-refractivity contribution in [2.24, 2.45) is 5.92 Å². The topological polar surface area (TPSA) is 46.6 Å². The van der Waals surface area contributed by atoms with Crippen LogP contribution in [-0.4, -0.2) is 38.9 Å². The molecule has 2 atom stereocenters. The molecule has 0 bridgehead atoms. The summed E-state index contributed by atoms with van der Waals surface area (Å²) in [6, 6.07) is -0.552. The summed E-state index contributed by atoms with van der Waals surface area (Å²) < 4.78 is 5.14. The van der Waals surface area contributed by atoms with Crippen LogP contribution in [-0.2, 0) is 14.3 Å². The van der Waals surface area contributed by atoms with Crippen LogP contribution in [0.25, 0.3) is 0 Å². The summed E-state index contributed by atoms with van der Waals surface area (Å²) in [6.45, 7) is 13.2. The Bertz CT molecular complexity index is 314. The van der Waals surface area contributed by atoms with Crippen LogP contribution < -0.4 is 0 Å². The molecule has 0 aromatic rings. The van der Waals surface area contributed by atoms with Gasteiger partial charge in [-0.05, 0) is 40.5 Å². The average Bonchev–Trinajstić information content (AvgIpc) is 2.21. The van der Waals surface area contributed by atoms with E-state index in [0.717, 1.165) is 0 Å². The molecule has 0 spiro atoms. The van der Waals surface area contributed by atoms with Gasteiger partial charge >= 0.3 is 5.97 Å². The van der Waals surface area contributed by atoms with E-state index in [1.54, 1.807) is 4.90 Å². The van der Waals surface area contributed by atoms with Crippen LogP contribution in [0.2, 0.25) is 0 Å². The predicted molar refractivity (Wildman–Crippen MR) is 85.3 cm³/mol. The maximum Gasteiger partial charge on any atom is 0.329 e. The van der Waals surface area contributed by atoms with Gasteiger partial charge in [-0.1, -0.05) is 36.4 Å². The lowest BCUT2D eigenvalue weighted by molar-refractivity contribution is -0.161. The molecule has 0 aliphatic rings. The highest BCUT2D eigenvalue weighted by Gasteiger charge is 2.36. The number of nitrogens with zero attached hydrogens (tertiary/aromatic N) is 1. The van der Waals surface area contributed by atoms with Gasteiger partial charge in [0.1, 0.15) is 6.04 Å². The van der Waals surface area contributed by atoms with Crippen molar-refractivity contribution >= 4 is 34.5 Å². The molecule has 2 unspecified atom stereocenters. The van der Waals surface area contributed by atoms with Gasteiger partial charge in [0.2, 0.25) is 5.91 Å². The third-order valence-electron chi connectivity index (χ3n) is 2.68. The van der Waals surface area contributed by atoms with E-state index in [0.29, 0.717) is 0 Å². The molecule has 0 aromatic heterocycles. The largest absolute Gasteiger partial charge is 0.461 e. The monoisotopic (exact) mass is 383 g/mol. The van der Waals surface area contributed by atoms with Gasteiger partial charge < -0.3 is 9.64 Å². The van der Waals surface area contributed by atoms with Crippen molar-refractivity contribution in [3.8, 4) is 0 Å². The number of alkyl halides is 1. The van der Waals surface area contributed by atoms with Crippen molar-refractivity contribution in [2.45, 2.75) is 70.6 Å². The van der Waals surface area contributed by atoms with Crippen molar-refractivity contribution < 1.29 is 14.3 Å². The molecular weight excluding hydrogens is 357 g/mol. The van der Waals surface area contributed by atoms with E-state index >= 15 is 0 Å². The zero-order valence-electron chi connectivity index (χ0n) is 12.9. The third-order valence-corrected chi connectivity index (χ3v) is 3.21. The summed E-state index contributed by atoms with van der Waals surface area (Å²) in [5.74, 6) is -0.313. The predicted octanol–water partition coefficient (Wildman–Crippen LogP) is 3.02. The fourth-order valence-corrected chi connectivity index (χ4v) is 2.25. The van der Waals surface area contributed by atoms with Crippen molar-refractivity contribution in [3.63, 3.8) is 0 Å². The Balaban J connectivity index is 5.30. The van der Waals surface area contributed by atoms with Crippen LogP contribution >= 0.6 is 22.6 Å². The summed E-state index contributed by atoms with van der Waals surface area (Å²) in [4.78, 5) is 26.2. The van der Waals surface area contributed by atoms with E-state index < -0.39 is 6.04 Å². The van der Waals surface area contributed by atoms with Crippen molar-refractivity contribution in [1.29, 1.82) is 0 Å². The fraction of sp³-hybridized carbons (Fsp3) is 0.857. The molecule has 0 fully saturated rings. The molecule has 1 amide bonds. The molecule has 0 heterocycles. The maximum absolute atomic E-state index is 12.3. The minimum absolute atomic E-state index is 0.0185. The fourth-order valence-electron chi connectivity index (χ4n) is 1.93. The second-order valence-corrected chi connectivity index (χ2v) is 7.50. The Morgan fingerprint density at radius 3 is 1.74 bits per heavy atom. The second kappa shape index (κ2) is 8.07. The number of amides is 1. The number of carbonyl (C=O) groups is 2. The summed E-state index contributed by atoms with van der Waals surface area (Å²) in [5, 5.41) is 0. The molecule has 0 rings (SSSR count). The SMILES string of the molecule is CC(C)OC(=O)C(C(C)C)N(C(=O)C(C)I)C(C)C. The molecule has 0 aliphatic heterocycles. The molecular formula is C14H26INO3. The van der Waals surface area contributed by atoms with Crippen molar-refractivity contribution in [3.05, 3.63) is 0 Å². The van der Waals surface area contributed by atoms with Crippen LogP contribution in [0.5, 0.6) is 0 Å². The maximum atomic E-state index is 12.3. The van der Waals surface area contributed by atoms with Gasteiger partial charge in [0.25, 0.3) is 0 Å². The zero-order chi connectivity index (χ0) is 15.3. The Morgan fingerprint density at radius 2 is 1.47 bits per heavy atom. The first-order chi connectivity index (χ1) is 8.59. The molecule has 0 N–H and O–H groups in total. The van der Waals surface area contributed by atoms with E-state index in [2.05, 4.69) is 22.6 Å². The Morgan fingerprint density at radius 1 is 1.00 bits per heavy atom. The number of rotatable bonds is 6. The van der Waals surface area contributed by atoms with E-state index in [-0.39, 0.29) is 33.9 Å². The Hall–Kier alpha value is -0.330. The molecule has 0 aromatic carbocycles. The smallest absolute Gasteiger partial charge is 0.329 e. The van der Waals surface area contributed by atoms with Gasteiger partial charge in [0, 0.05) is 6.04 Å². The van der Waals surface area contributed by atoms with Crippen molar-refractivity contribution in [2.75, 3.05) is 0 Å². The quantitative estimate of drug-likeness (QED) is 0.403. The number of hydrogen-bond acceptors (Lipinski definition) is 3. The number of halogens is 1. The summed E-state index contributed by atoms with van der Waals surface area (Å²) in [5.41, 5.74) is 0. The highest BCUT2D eigenvalue weighted by molar-refractivity contribution is 14.1. The lowest BCUT2D eigenvalue weighted by Gasteiger charge is -2.37. The first kappa shape index (κ1) is 18.7. The summed E-state index contributed by atoms with van der Waals surface area (Å²) >= 11 is 2.08. The van der Waals surface area contributed by atoms with Crippen LogP contribution in [0.1, 0.15) is 48.5 Å². The van der Waals surface area contributed by atoms with E-state index in [4.69, 9.17) is 4.74 Å². The number of carbonyl (C=O) groups excluding carboxylic acids is 2. The van der Waals surface area contributed by atoms with E-state index in [1.165, 1.54) is 0 Å². The molecule has 0 saturated heterocycles. The second-order valence-electron chi connectivity index (χ2n) is 5.63. The Labute approximate surface area is 130 Å². The van der Waals surface area contributed by atoms with Gasteiger partial charge in [0.05, 0.1) is 10.0 Å². The van der Waals surface area contributed by atoms with Crippen LogP contribution in [0, 0.1) is 5.92 Å². The zero-order valence-corrected chi connectivity index (χ0v) is 15.1. The molecule has 0 saturated carbocycles. The average molecular weight is 383 g/mol. The van der Waals surface area contributed by atoms with E-state index in [9.17, 15) is 9.59 Å². The van der Waals surface area contributed by atoms with E-state index in [1.807, 2.05) is 48.5 Å². The normalized spacial score (nSPS) is 14.7. The molecule has 4 nitrogen and oxygen atoms in total. The molecule has 5 heteroatoms. The highest BCUT2D eigenvalue weighted by atomic mass is 127. The lowest BCUT2D eigenvalue weighted by atomic mass is 10.0. The number of hydrogen-bond donors (Lipinski definition) is 0. The molecule has 112 valence electrons. The standard InChI is InChI=1S/C14H26INO3/c1-8(2)12(14(18)19-10(5)6)16(9(3)4)13(17)11(7)15/h8-12H,1-7H3. The third kappa shape index (κ3) is 5.67. The summed E-state index contributed by atoms with van der Waals surface area (Å²) in [7, 11) is 0. The molecule has 0 radical (unpaired) electrons. The first-order valence-electron chi connectivity index (χ1n) is 6.76. The van der Waals surface area contributed by atoms with Gasteiger partial charge in [0.15, 0.2) is 0 Å². The minimum Gasteiger partial charge on any atom is -0.461 e. The lowest BCUT2D eigenvalue weighted by Crippen LogP contribution is -2.54. The minimum atomic E-state index is -0.521. The molecule has 19 heavy (non-hydrogen) atoms. The van der Waals surface area contributed by atoms with Gasteiger partial charge in [-0.3, -0.25) is 4.79 Å². The van der Waals surface area contributed by atoms with Crippen LogP contribution in [0.15, 0.2) is 0 Å². The Kier molecular flexibility index (Phi) is 7.93. The number of esters is 1.